The number of nitro benzene ring substituents is 1. The maximum atomic E-state index is 12.0. The molecule has 1 saturated heterocycles. The van der Waals surface area contributed by atoms with Gasteiger partial charge in [-0.25, -0.2) is 0 Å². The molecular formula is C16H19N3O7. The molecule has 10 nitrogen and oxygen atoms in total. The Morgan fingerprint density at radius 3 is 2.54 bits per heavy atom. The molecule has 0 unspecified atom stereocenters. The molecule has 1 aromatic rings. The first kappa shape index (κ1) is 19.2. The van der Waals surface area contributed by atoms with Crippen molar-refractivity contribution in [3.8, 4) is 0 Å². The van der Waals surface area contributed by atoms with E-state index < -0.39 is 28.7 Å². The average molecular weight is 365 g/mol. The van der Waals surface area contributed by atoms with E-state index in [1.807, 2.05) is 0 Å². The van der Waals surface area contributed by atoms with Gasteiger partial charge in [0.05, 0.1) is 18.0 Å². The van der Waals surface area contributed by atoms with Crippen LogP contribution in [0.1, 0.15) is 23.2 Å². The minimum atomic E-state index is -0.864. The van der Waals surface area contributed by atoms with Crippen LogP contribution in [0.2, 0.25) is 0 Å². The smallest absolute Gasteiger partial charge is 0.325 e. The Balaban J connectivity index is 2.16. The van der Waals surface area contributed by atoms with E-state index in [0.29, 0.717) is 31.6 Å². The molecule has 10 heteroatoms. The highest BCUT2D eigenvalue weighted by Gasteiger charge is 2.28. The number of carbonyl (C=O) groups is 3. The van der Waals surface area contributed by atoms with Crippen molar-refractivity contribution in [2.24, 2.45) is 5.92 Å². The van der Waals surface area contributed by atoms with Gasteiger partial charge >= 0.3 is 11.9 Å². The number of nitro groups is 1. The minimum absolute atomic E-state index is 0.0461. The number of carboxylic acid groups (broad SMARTS) is 1. The number of rotatable bonds is 6. The third-order valence-electron chi connectivity index (χ3n) is 4.24. The molecule has 0 saturated carbocycles. The highest BCUT2D eigenvalue weighted by atomic mass is 16.6. The lowest BCUT2D eigenvalue weighted by atomic mass is 9.96. The summed E-state index contributed by atoms with van der Waals surface area (Å²) >= 11 is 0. The van der Waals surface area contributed by atoms with Crippen molar-refractivity contribution in [3.63, 3.8) is 0 Å². The number of aliphatic carboxylic acids is 1. The van der Waals surface area contributed by atoms with Crippen LogP contribution in [0.4, 0.5) is 11.4 Å². The van der Waals surface area contributed by atoms with Crippen molar-refractivity contribution in [1.82, 2.24) is 5.32 Å². The lowest BCUT2D eigenvalue weighted by Crippen LogP contribution is -2.36. The first-order valence-electron chi connectivity index (χ1n) is 7.94. The lowest BCUT2D eigenvalue weighted by Gasteiger charge is -2.31. The summed E-state index contributed by atoms with van der Waals surface area (Å²) in [6.45, 7) is 0.422. The number of benzene rings is 1. The Morgan fingerprint density at radius 2 is 2.00 bits per heavy atom. The summed E-state index contributed by atoms with van der Waals surface area (Å²) in [6, 6.07) is 4.04. The number of carbonyl (C=O) groups excluding carboxylic acids is 2. The molecule has 1 fully saturated rings. The summed E-state index contributed by atoms with van der Waals surface area (Å²) in [6.07, 6.45) is 0.793. The fourth-order valence-corrected chi connectivity index (χ4v) is 2.77. The number of nitrogens with one attached hydrogen (secondary N) is 1. The zero-order valence-corrected chi connectivity index (χ0v) is 14.1. The summed E-state index contributed by atoms with van der Waals surface area (Å²) < 4.78 is 4.41. The fraction of sp³-hybridized carbons (Fsp3) is 0.438. The van der Waals surface area contributed by atoms with Gasteiger partial charge in [-0.05, 0) is 25.0 Å². The number of piperidine rings is 1. The number of esters is 1. The van der Waals surface area contributed by atoms with Gasteiger partial charge in [0.15, 0.2) is 0 Å². The third kappa shape index (κ3) is 4.47. The number of ether oxygens (including phenoxy) is 1. The van der Waals surface area contributed by atoms with Gasteiger partial charge in [0.2, 0.25) is 0 Å². The van der Waals surface area contributed by atoms with Crippen molar-refractivity contribution in [3.05, 3.63) is 33.9 Å². The highest BCUT2D eigenvalue weighted by molar-refractivity contribution is 5.97. The molecule has 1 aliphatic rings. The number of hydrogen-bond acceptors (Lipinski definition) is 7. The fourth-order valence-electron chi connectivity index (χ4n) is 2.77. The molecule has 1 heterocycles. The molecule has 2 N–H and O–H groups in total. The van der Waals surface area contributed by atoms with Crippen LogP contribution in [0.5, 0.6) is 0 Å². The summed E-state index contributed by atoms with van der Waals surface area (Å²) in [4.78, 5) is 46.7. The van der Waals surface area contributed by atoms with E-state index in [-0.39, 0.29) is 17.8 Å². The van der Waals surface area contributed by atoms with E-state index in [4.69, 9.17) is 5.11 Å². The van der Waals surface area contributed by atoms with Gasteiger partial charge < -0.3 is 20.1 Å². The molecule has 26 heavy (non-hydrogen) atoms. The van der Waals surface area contributed by atoms with Crippen LogP contribution in [0.25, 0.3) is 0 Å². The second-order valence-corrected chi connectivity index (χ2v) is 5.82. The molecule has 0 spiro atoms. The molecule has 0 aliphatic carbocycles. The normalized spacial score (nSPS) is 14.6. The summed E-state index contributed by atoms with van der Waals surface area (Å²) in [7, 11) is 1.18. The summed E-state index contributed by atoms with van der Waals surface area (Å²) in [5, 5.41) is 22.8. The van der Waals surface area contributed by atoms with E-state index in [0.717, 1.165) is 6.07 Å². The molecule has 1 amide bonds. The number of carboxylic acids is 1. The minimum Gasteiger partial charge on any atom is -0.481 e. The maximum absolute atomic E-state index is 12.0. The largest absolute Gasteiger partial charge is 0.481 e. The first-order chi connectivity index (χ1) is 12.3. The van der Waals surface area contributed by atoms with Crippen LogP contribution in [-0.4, -0.2) is 54.6 Å². The number of anilines is 1. The van der Waals surface area contributed by atoms with Gasteiger partial charge in [0.1, 0.15) is 12.2 Å². The van der Waals surface area contributed by atoms with Gasteiger partial charge in [-0.2, -0.15) is 0 Å². The van der Waals surface area contributed by atoms with Gasteiger partial charge in [0, 0.05) is 24.7 Å². The maximum Gasteiger partial charge on any atom is 0.325 e. The van der Waals surface area contributed by atoms with Crippen LogP contribution in [-0.2, 0) is 14.3 Å². The van der Waals surface area contributed by atoms with Crippen LogP contribution in [0.3, 0.4) is 0 Å². The first-order valence-corrected chi connectivity index (χ1v) is 7.94. The number of amides is 1. The zero-order valence-electron chi connectivity index (χ0n) is 14.1. The number of methoxy groups -OCH3 is 1. The van der Waals surface area contributed by atoms with E-state index >= 15 is 0 Å². The Bertz CT molecular complexity index is 727. The summed E-state index contributed by atoms with van der Waals surface area (Å²) in [5.74, 6) is -2.58. The molecule has 1 aromatic carbocycles. The summed E-state index contributed by atoms with van der Waals surface area (Å²) in [5.41, 5.74) is 0.137. The lowest BCUT2D eigenvalue weighted by molar-refractivity contribution is -0.384. The molecule has 0 radical (unpaired) electrons. The molecule has 2 rings (SSSR count). The van der Waals surface area contributed by atoms with Crippen molar-refractivity contribution in [1.29, 1.82) is 0 Å². The molecule has 1 aliphatic heterocycles. The van der Waals surface area contributed by atoms with Crippen LogP contribution in [0, 0.1) is 16.0 Å². The van der Waals surface area contributed by atoms with Crippen LogP contribution < -0.4 is 10.2 Å². The molecule has 0 aromatic heterocycles. The van der Waals surface area contributed by atoms with E-state index in [1.54, 1.807) is 4.90 Å². The third-order valence-corrected chi connectivity index (χ3v) is 4.24. The predicted octanol–water partition coefficient (Wildman–Crippen LogP) is 0.799. The SMILES string of the molecule is COC(=O)CNC(=O)c1ccc(N2CCC(C(=O)O)CC2)c([N+](=O)[O-])c1. The number of nitrogens with zero attached hydrogens (tertiary/aromatic N) is 2. The van der Waals surface area contributed by atoms with Crippen LogP contribution >= 0.6 is 0 Å². The standard InChI is InChI=1S/C16H19N3O7/c1-26-14(20)9-17-15(21)11-2-3-12(13(8-11)19(24)25)18-6-4-10(5-7-18)16(22)23/h2-3,8,10H,4-7,9H2,1H3,(H,17,21)(H,22,23). The highest BCUT2D eigenvalue weighted by Crippen LogP contribution is 2.32. The van der Waals surface area contributed by atoms with E-state index in [9.17, 15) is 24.5 Å². The van der Waals surface area contributed by atoms with E-state index in [2.05, 4.69) is 10.1 Å². The molecule has 0 atom stereocenters. The number of hydrogen-bond donors (Lipinski definition) is 2. The Hall–Kier alpha value is -3.17. The van der Waals surface area contributed by atoms with Crippen molar-refractivity contribution >= 4 is 29.2 Å². The predicted molar refractivity (Wildman–Crippen MR) is 90.0 cm³/mol. The Labute approximate surface area is 148 Å². The van der Waals surface area contributed by atoms with Gasteiger partial charge in [-0.3, -0.25) is 24.5 Å². The van der Waals surface area contributed by atoms with Crippen molar-refractivity contribution in [2.45, 2.75) is 12.8 Å². The Morgan fingerprint density at radius 1 is 1.35 bits per heavy atom. The van der Waals surface area contributed by atoms with Gasteiger partial charge in [-0.15, -0.1) is 0 Å². The van der Waals surface area contributed by atoms with Crippen LogP contribution in [0.15, 0.2) is 18.2 Å². The van der Waals surface area contributed by atoms with Crippen molar-refractivity contribution < 1.29 is 29.2 Å². The zero-order chi connectivity index (χ0) is 19.3. The molecule has 140 valence electrons. The second kappa shape index (κ2) is 8.28. The Kier molecular flexibility index (Phi) is 6.10. The molecular weight excluding hydrogens is 346 g/mol. The van der Waals surface area contributed by atoms with Crippen molar-refractivity contribution in [2.75, 3.05) is 31.6 Å². The molecule has 0 bridgehead atoms. The monoisotopic (exact) mass is 365 g/mol. The second-order valence-electron chi connectivity index (χ2n) is 5.82. The van der Waals surface area contributed by atoms with Gasteiger partial charge in [0.25, 0.3) is 11.6 Å². The van der Waals surface area contributed by atoms with E-state index in [1.165, 1.54) is 19.2 Å². The topological polar surface area (TPSA) is 139 Å². The van der Waals surface area contributed by atoms with Gasteiger partial charge in [-0.1, -0.05) is 0 Å². The average Bonchev–Trinajstić information content (AvgIpc) is 2.65. The quantitative estimate of drug-likeness (QED) is 0.429.